The summed E-state index contributed by atoms with van der Waals surface area (Å²) in [5, 5.41) is 2.72. The van der Waals surface area contributed by atoms with Gasteiger partial charge in [-0.25, -0.2) is 0 Å². The molecule has 25 heavy (non-hydrogen) atoms. The van der Waals surface area contributed by atoms with Crippen LogP contribution in [0.15, 0.2) is 54.6 Å². The maximum atomic E-state index is 12.6. The third-order valence-corrected chi connectivity index (χ3v) is 4.30. The van der Waals surface area contributed by atoms with Crippen molar-refractivity contribution in [3.8, 4) is 5.75 Å². The molecule has 3 rings (SSSR count). The van der Waals surface area contributed by atoms with Gasteiger partial charge < -0.3 is 15.0 Å². The van der Waals surface area contributed by atoms with Crippen LogP contribution >= 0.6 is 0 Å². The van der Waals surface area contributed by atoms with Crippen molar-refractivity contribution in [1.29, 1.82) is 0 Å². The van der Waals surface area contributed by atoms with Crippen molar-refractivity contribution in [2.45, 2.75) is 25.9 Å². The predicted molar refractivity (Wildman–Crippen MR) is 95.1 cm³/mol. The molecule has 2 amide bonds. The SMILES string of the molecule is CC(NC(=O)COc1ccccc1)C(=O)N1CCc2ccccc2C1. The number of hydrogen-bond donors (Lipinski definition) is 1. The minimum absolute atomic E-state index is 0.0671. The Morgan fingerprint density at radius 1 is 1.08 bits per heavy atom. The summed E-state index contributed by atoms with van der Waals surface area (Å²) < 4.78 is 5.40. The standard InChI is InChI=1S/C20H22N2O3/c1-15(21-19(23)14-25-18-9-3-2-4-10-18)20(24)22-12-11-16-7-5-6-8-17(16)13-22/h2-10,15H,11-14H2,1H3,(H,21,23). The van der Waals surface area contributed by atoms with Gasteiger partial charge in [-0.15, -0.1) is 0 Å². The van der Waals surface area contributed by atoms with Crippen LogP contribution in [0.25, 0.3) is 0 Å². The molecule has 0 radical (unpaired) electrons. The molecule has 2 aromatic carbocycles. The normalized spacial score (nSPS) is 14.4. The third-order valence-electron chi connectivity index (χ3n) is 4.30. The lowest BCUT2D eigenvalue weighted by atomic mass is 9.99. The molecule has 0 bridgehead atoms. The van der Waals surface area contributed by atoms with Gasteiger partial charge in [-0.05, 0) is 36.6 Å². The van der Waals surface area contributed by atoms with Crippen LogP contribution in [0.3, 0.4) is 0 Å². The summed E-state index contributed by atoms with van der Waals surface area (Å²) in [5.74, 6) is 0.258. The second-order valence-corrected chi connectivity index (χ2v) is 6.17. The fourth-order valence-electron chi connectivity index (χ4n) is 2.97. The van der Waals surface area contributed by atoms with Gasteiger partial charge in [0.25, 0.3) is 5.91 Å². The first-order chi connectivity index (χ1) is 12.1. The highest BCUT2D eigenvalue weighted by molar-refractivity contribution is 5.88. The molecule has 1 N–H and O–H groups in total. The van der Waals surface area contributed by atoms with E-state index in [9.17, 15) is 9.59 Å². The Morgan fingerprint density at radius 3 is 2.52 bits per heavy atom. The lowest BCUT2D eigenvalue weighted by Crippen LogP contribution is -2.49. The summed E-state index contributed by atoms with van der Waals surface area (Å²) in [6.45, 7) is 2.88. The number of carbonyl (C=O) groups excluding carboxylic acids is 2. The van der Waals surface area contributed by atoms with Crippen LogP contribution < -0.4 is 10.1 Å². The maximum Gasteiger partial charge on any atom is 0.258 e. The average Bonchev–Trinajstić information content (AvgIpc) is 2.66. The van der Waals surface area contributed by atoms with Crippen molar-refractivity contribution in [3.63, 3.8) is 0 Å². The first-order valence-electron chi connectivity index (χ1n) is 8.46. The molecule has 5 heteroatoms. The molecule has 130 valence electrons. The van der Waals surface area contributed by atoms with E-state index in [2.05, 4.69) is 11.4 Å². The molecule has 5 nitrogen and oxygen atoms in total. The largest absolute Gasteiger partial charge is 0.484 e. The van der Waals surface area contributed by atoms with Gasteiger partial charge in [-0.2, -0.15) is 0 Å². The van der Waals surface area contributed by atoms with E-state index < -0.39 is 6.04 Å². The second-order valence-electron chi connectivity index (χ2n) is 6.17. The quantitative estimate of drug-likeness (QED) is 0.909. The zero-order valence-electron chi connectivity index (χ0n) is 14.3. The number of amides is 2. The molecule has 1 atom stereocenters. The summed E-state index contributed by atoms with van der Waals surface area (Å²) in [6, 6.07) is 16.7. The first-order valence-corrected chi connectivity index (χ1v) is 8.46. The van der Waals surface area contributed by atoms with E-state index in [4.69, 9.17) is 4.74 Å². The summed E-state index contributed by atoms with van der Waals surface area (Å²) in [4.78, 5) is 26.4. The van der Waals surface area contributed by atoms with Crippen molar-refractivity contribution in [2.24, 2.45) is 0 Å². The molecule has 2 aromatic rings. The summed E-state index contributed by atoms with van der Waals surface area (Å²) in [6.07, 6.45) is 0.847. The Hall–Kier alpha value is -2.82. The van der Waals surface area contributed by atoms with E-state index in [1.165, 1.54) is 11.1 Å². The van der Waals surface area contributed by atoms with Crippen LogP contribution in [-0.2, 0) is 22.6 Å². The smallest absolute Gasteiger partial charge is 0.258 e. The molecule has 1 aliphatic heterocycles. The van der Waals surface area contributed by atoms with E-state index in [1.54, 1.807) is 24.0 Å². The molecule has 0 saturated heterocycles. The number of benzene rings is 2. The Balaban J connectivity index is 1.50. The first kappa shape index (κ1) is 17.0. The highest BCUT2D eigenvalue weighted by atomic mass is 16.5. The van der Waals surface area contributed by atoms with Gasteiger partial charge in [-0.3, -0.25) is 9.59 Å². The number of ether oxygens (including phenoxy) is 1. The molecular formula is C20H22N2O3. The number of nitrogens with one attached hydrogen (secondary N) is 1. The predicted octanol–water partition coefficient (Wildman–Crippen LogP) is 2.15. The van der Waals surface area contributed by atoms with E-state index in [0.717, 1.165) is 6.42 Å². The van der Waals surface area contributed by atoms with Crippen molar-refractivity contribution >= 4 is 11.8 Å². The van der Waals surface area contributed by atoms with Crippen molar-refractivity contribution < 1.29 is 14.3 Å². The van der Waals surface area contributed by atoms with Crippen LogP contribution in [-0.4, -0.2) is 35.9 Å². The number of carbonyl (C=O) groups is 2. The number of para-hydroxylation sites is 1. The van der Waals surface area contributed by atoms with Gasteiger partial charge in [0.15, 0.2) is 6.61 Å². The third kappa shape index (κ3) is 4.38. The molecule has 0 spiro atoms. The highest BCUT2D eigenvalue weighted by Crippen LogP contribution is 2.19. The molecule has 0 aromatic heterocycles. The molecule has 0 fully saturated rings. The van der Waals surface area contributed by atoms with Gasteiger partial charge in [0, 0.05) is 13.1 Å². The van der Waals surface area contributed by atoms with Gasteiger partial charge in [0.2, 0.25) is 5.91 Å². The Morgan fingerprint density at radius 2 is 1.76 bits per heavy atom. The topological polar surface area (TPSA) is 58.6 Å². The second kappa shape index (κ2) is 7.83. The maximum absolute atomic E-state index is 12.6. The van der Waals surface area contributed by atoms with Crippen molar-refractivity contribution in [2.75, 3.05) is 13.2 Å². The van der Waals surface area contributed by atoms with Crippen LogP contribution in [0.2, 0.25) is 0 Å². The van der Waals surface area contributed by atoms with Crippen molar-refractivity contribution in [3.05, 3.63) is 65.7 Å². The van der Waals surface area contributed by atoms with Gasteiger partial charge in [0.1, 0.15) is 11.8 Å². The lowest BCUT2D eigenvalue weighted by Gasteiger charge is -2.31. The molecular weight excluding hydrogens is 316 g/mol. The van der Waals surface area contributed by atoms with E-state index in [-0.39, 0.29) is 18.4 Å². The highest BCUT2D eigenvalue weighted by Gasteiger charge is 2.25. The minimum Gasteiger partial charge on any atom is -0.484 e. The molecule has 1 aliphatic rings. The fourth-order valence-corrected chi connectivity index (χ4v) is 2.97. The number of nitrogens with zero attached hydrogens (tertiary/aromatic N) is 1. The molecule has 1 heterocycles. The minimum atomic E-state index is -0.572. The van der Waals surface area contributed by atoms with Crippen LogP contribution in [0.5, 0.6) is 5.75 Å². The number of rotatable bonds is 5. The average molecular weight is 338 g/mol. The number of hydrogen-bond acceptors (Lipinski definition) is 3. The summed E-state index contributed by atoms with van der Waals surface area (Å²) in [5.41, 5.74) is 2.47. The molecule has 1 unspecified atom stereocenters. The lowest BCUT2D eigenvalue weighted by molar-refractivity contribution is -0.137. The van der Waals surface area contributed by atoms with Crippen LogP contribution in [0, 0.1) is 0 Å². The van der Waals surface area contributed by atoms with Gasteiger partial charge >= 0.3 is 0 Å². The fraction of sp³-hybridized carbons (Fsp3) is 0.300. The monoisotopic (exact) mass is 338 g/mol. The summed E-state index contributed by atoms with van der Waals surface area (Å²) >= 11 is 0. The molecule has 0 saturated carbocycles. The Kier molecular flexibility index (Phi) is 5.33. The van der Waals surface area contributed by atoms with Gasteiger partial charge in [0.05, 0.1) is 0 Å². The van der Waals surface area contributed by atoms with Crippen LogP contribution in [0.1, 0.15) is 18.1 Å². The molecule has 0 aliphatic carbocycles. The Bertz CT molecular complexity index is 746. The van der Waals surface area contributed by atoms with E-state index >= 15 is 0 Å². The van der Waals surface area contributed by atoms with Crippen molar-refractivity contribution in [1.82, 2.24) is 10.2 Å². The van der Waals surface area contributed by atoms with E-state index in [0.29, 0.717) is 18.8 Å². The van der Waals surface area contributed by atoms with Crippen LogP contribution in [0.4, 0.5) is 0 Å². The van der Waals surface area contributed by atoms with E-state index in [1.807, 2.05) is 36.4 Å². The van der Waals surface area contributed by atoms with Gasteiger partial charge in [-0.1, -0.05) is 42.5 Å². The summed E-state index contributed by atoms with van der Waals surface area (Å²) in [7, 11) is 0. The zero-order valence-corrected chi connectivity index (χ0v) is 14.3. The Labute approximate surface area is 147 Å². The zero-order chi connectivity index (χ0) is 17.6. The number of fused-ring (bicyclic) bond motifs is 1.